The van der Waals surface area contributed by atoms with Crippen LogP contribution in [0.2, 0.25) is 0 Å². The number of aldehydes is 1. The molecule has 6 heteroatoms. The van der Waals surface area contributed by atoms with Crippen LogP contribution in [0.5, 0.6) is 11.5 Å². The summed E-state index contributed by atoms with van der Waals surface area (Å²) in [5.74, 6) is 1.11. The number of carbonyl (C=O) groups is 1. The quantitative estimate of drug-likeness (QED) is 0.814. The fraction of sp³-hybridized carbons (Fsp3) is 0.133. The second kappa shape index (κ2) is 4.89. The topological polar surface area (TPSA) is 69.7 Å². The Morgan fingerprint density at radius 3 is 2.24 bits per heavy atom. The highest BCUT2D eigenvalue weighted by Crippen LogP contribution is 2.38. The van der Waals surface area contributed by atoms with Crippen LogP contribution in [0.3, 0.4) is 0 Å². The predicted octanol–water partition coefficient (Wildman–Crippen LogP) is 2.30. The third-order valence-corrected chi connectivity index (χ3v) is 4.39. The third kappa shape index (κ3) is 2.50. The van der Waals surface area contributed by atoms with Gasteiger partial charge in [-0.15, -0.1) is 0 Å². The number of sulfone groups is 1. The Hall–Kier alpha value is -2.34. The molecule has 0 bridgehead atoms. The summed E-state index contributed by atoms with van der Waals surface area (Å²) in [5, 5.41) is 0. The second-order valence-electron chi connectivity index (χ2n) is 4.71. The zero-order chi connectivity index (χ0) is 15.0. The van der Waals surface area contributed by atoms with Crippen molar-refractivity contribution in [3.63, 3.8) is 0 Å². The lowest BCUT2D eigenvalue weighted by Crippen LogP contribution is -1.96. The smallest absolute Gasteiger partial charge is 0.231 e. The van der Waals surface area contributed by atoms with Crippen molar-refractivity contribution in [1.29, 1.82) is 0 Å². The molecule has 0 aliphatic carbocycles. The Labute approximate surface area is 122 Å². The van der Waals surface area contributed by atoms with E-state index in [9.17, 15) is 13.2 Å². The molecular weight excluding hydrogens is 292 g/mol. The van der Waals surface area contributed by atoms with Crippen LogP contribution in [0.25, 0.3) is 11.1 Å². The molecule has 5 nitrogen and oxygen atoms in total. The van der Waals surface area contributed by atoms with E-state index in [0.29, 0.717) is 22.6 Å². The Bertz CT molecular complexity index is 807. The minimum atomic E-state index is -3.24. The molecule has 3 rings (SSSR count). The molecule has 21 heavy (non-hydrogen) atoms. The van der Waals surface area contributed by atoms with Crippen molar-refractivity contribution < 1.29 is 22.7 Å². The summed E-state index contributed by atoms with van der Waals surface area (Å²) >= 11 is 0. The van der Waals surface area contributed by atoms with Crippen LogP contribution >= 0.6 is 0 Å². The molecule has 1 heterocycles. The maximum absolute atomic E-state index is 11.5. The summed E-state index contributed by atoms with van der Waals surface area (Å²) in [6.45, 7) is 0.129. The number of carbonyl (C=O) groups excluding carboxylic acids is 1. The summed E-state index contributed by atoms with van der Waals surface area (Å²) in [4.78, 5) is 11.5. The molecule has 1 aliphatic heterocycles. The Balaban J connectivity index is 2.10. The first-order valence-corrected chi connectivity index (χ1v) is 8.07. The van der Waals surface area contributed by atoms with E-state index in [0.717, 1.165) is 18.1 Å². The lowest BCUT2D eigenvalue weighted by Gasteiger charge is -2.08. The first kappa shape index (κ1) is 13.6. The maximum atomic E-state index is 11.5. The normalized spacial score (nSPS) is 13.2. The zero-order valence-corrected chi connectivity index (χ0v) is 12.0. The standard InChI is InChI=1S/C15H12O5S/c1-21(17,18)12-4-2-10(3-5-12)13-7-15-14(19-9-20-15)6-11(13)8-16/h2-8H,9H2,1H3. The highest BCUT2D eigenvalue weighted by atomic mass is 32.2. The summed E-state index contributed by atoms with van der Waals surface area (Å²) in [6.07, 6.45) is 1.89. The number of rotatable bonds is 3. The van der Waals surface area contributed by atoms with Gasteiger partial charge in [0, 0.05) is 11.8 Å². The van der Waals surface area contributed by atoms with Gasteiger partial charge in [0.05, 0.1) is 4.90 Å². The zero-order valence-electron chi connectivity index (χ0n) is 11.2. The molecule has 0 amide bonds. The van der Waals surface area contributed by atoms with Crippen molar-refractivity contribution in [1.82, 2.24) is 0 Å². The van der Waals surface area contributed by atoms with E-state index >= 15 is 0 Å². The Kier molecular flexibility index (Phi) is 3.17. The van der Waals surface area contributed by atoms with Crippen molar-refractivity contribution in [3.05, 3.63) is 42.0 Å². The first-order chi connectivity index (χ1) is 9.99. The lowest BCUT2D eigenvalue weighted by molar-refractivity contribution is 0.112. The van der Waals surface area contributed by atoms with Crippen LogP contribution in [0.1, 0.15) is 10.4 Å². The molecule has 1 aliphatic rings. The minimum absolute atomic E-state index is 0.129. The fourth-order valence-corrected chi connectivity index (χ4v) is 2.82. The van der Waals surface area contributed by atoms with E-state index in [-0.39, 0.29) is 11.7 Å². The van der Waals surface area contributed by atoms with Gasteiger partial charge in [-0.05, 0) is 35.4 Å². The molecule has 0 N–H and O–H groups in total. The van der Waals surface area contributed by atoms with Crippen molar-refractivity contribution in [2.24, 2.45) is 0 Å². The molecule has 0 fully saturated rings. The molecule has 0 radical (unpaired) electrons. The fourth-order valence-electron chi connectivity index (χ4n) is 2.19. The van der Waals surface area contributed by atoms with E-state index < -0.39 is 9.84 Å². The van der Waals surface area contributed by atoms with Crippen LogP contribution < -0.4 is 9.47 Å². The number of hydrogen-bond donors (Lipinski definition) is 0. The van der Waals surface area contributed by atoms with Gasteiger partial charge in [0.25, 0.3) is 0 Å². The van der Waals surface area contributed by atoms with Gasteiger partial charge < -0.3 is 9.47 Å². The number of fused-ring (bicyclic) bond motifs is 1. The highest BCUT2D eigenvalue weighted by Gasteiger charge is 2.18. The molecule has 0 atom stereocenters. The minimum Gasteiger partial charge on any atom is -0.454 e. The maximum Gasteiger partial charge on any atom is 0.231 e. The summed E-state index contributed by atoms with van der Waals surface area (Å²) < 4.78 is 33.5. The number of ether oxygens (including phenoxy) is 2. The summed E-state index contributed by atoms with van der Waals surface area (Å²) in [5.41, 5.74) is 1.88. The van der Waals surface area contributed by atoms with Gasteiger partial charge in [-0.25, -0.2) is 8.42 Å². The Morgan fingerprint density at radius 1 is 1.05 bits per heavy atom. The van der Waals surface area contributed by atoms with Crippen LogP contribution in [-0.4, -0.2) is 27.8 Å². The predicted molar refractivity (Wildman–Crippen MR) is 76.5 cm³/mol. The van der Waals surface area contributed by atoms with Gasteiger partial charge in [0.2, 0.25) is 6.79 Å². The van der Waals surface area contributed by atoms with Crippen LogP contribution in [0, 0.1) is 0 Å². The first-order valence-electron chi connectivity index (χ1n) is 6.18. The number of hydrogen-bond acceptors (Lipinski definition) is 5. The van der Waals surface area contributed by atoms with Crippen LogP contribution in [-0.2, 0) is 9.84 Å². The van der Waals surface area contributed by atoms with Gasteiger partial charge in [-0.3, -0.25) is 4.79 Å². The Morgan fingerprint density at radius 2 is 1.67 bits per heavy atom. The molecule has 2 aromatic carbocycles. The number of benzene rings is 2. The average molecular weight is 304 g/mol. The molecule has 0 spiro atoms. The van der Waals surface area contributed by atoms with E-state index in [4.69, 9.17) is 9.47 Å². The van der Waals surface area contributed by atoms with E-state index in [1.807, 2.05) is 0 Å². The molecular formula is C15H12O5S. The van der Waals surface area contributed by atoms with E-state index in [1.54, 1.807) is 24.3 Å². The second-order valence-corrected chi connectivity index (χ2v) is 6.72. The van der Waals surface area contributed by atoms with Gasteiger partial charge in [0.15, 0.2) is 27.6 Å². The molecule has 0 saturated carbocycles. The van der Waals surface area contributed by atoms with Crippen molar-refractivity contribution in [2.75, 3.05) is 13.0 Å². The monoisotopic (exact) mass is 304 g/mol. The largest absolute Gasteiger partial charge is 0.454 e. The summed E-state index contributed by atoms with van der Waals surface area (Å²) in [7, 11) is -3.24. The summed E-state index contributed by atoms with van der Waals surface area (Å²) in [6, 6.07) is 9.71. The highest BCUT2D eigenvalue weighted by molar-refractivity contribution is 7.90. The van der Waals surface area contributed by atoms with Gasteiger partial charge in [-0.1, -0.05) is 12.1 Å². The van der Waals surface area contributed by atoms with Crippen LogP contribution in [0.15, 0.2) is 41.3 Å². The van der Waals surface area contributed by atoms with Gasteiger partial charge in [0.1, 0.15) is 0 Å². The third-order valence-electron chi connectivity index (χ3n) is 3.27. The molecule has 108 valence electrons. The van der Waals surface area contributed by atoms with Crippen molar-refractivity contribution >= 4 is 16.1 Å². The molecule has 0 unspecified atom stereocenters. The van der Waals surface area contributed by atoms with Gasteiger partial charge >= 0.3 is 0 Å². The van der Waals surface area contributed by atoms with Gasteiger partial charge in [-0.2, -0.15) is 0 Å². The average Bonchev–Trinajstić information content (AvgIpc) is 2.92. The molecule has 0 saturated heterocycles. The van der Waals surface area contributed by atoms with Crippen molar-refractivity contribution in [2.45, 2.75) is 4.90 Å². The van der Waals surface area contributed by atoms with E-state index in [1.165, 1.54) is 12.1 Å². The van der Waals surface area contributed by atoms with E-state index in [2.05, 4.69) is 0 Å². The molecule has 2 aromatic rings. The molecule has 0 aromatic heterocycles. The SMILES string of the molecule is CS(=O)(=O)c1ccc(-c2cc3c(cc2C=O)OCO3)cc1. The lowest BCUT2D eigenvalue weighted by atomic mass is 9.99. The van der Waals surface area contributed by atoms with Crippen LogP contribution in [0.4, 0.5) is 0 Å². The van der Waals surface area contributed by atoms with Crippen molar-refractivity contribution in [3.8, 4) is 22.6 Å².